The van der Waals surface area contributed by atoms with Crippen molar-refractivity contribution >= 4 is 17.9 Å². The zero-order valence-corrected chi connectivity index (χ0v) is 13.8. The van der Waals surface area contributed by atoms with Gasteiger partial charge in [-0.25, -0.2) is 14.4 Å². The number of carboxylic acids is 2. The predicted molar refractivity (Wildman–Crippen MR) is 86.0 cm³/mol. The summed E-state index contributed by atoms with van der Waals surface area (Å²) in [5.41, 5.74) is 0.942. The van der Waals surface area contributed by atoms with E-state index in [1.165, 1.54) is 13.0 Å². The molecule has 0 aromatic rings. The minimum Gasteiger partial charge on any atom is -0.478 e. The lowest BCUT2D eigenvalue weighted by molar-refractivity contribution is -0.138. The highest BCUT2D eigenvalue weighted by Gasteiger charge is 2.05. The summed E-state index contributed by atoms with van der Waals surface area (Å²) in [4.78, 5) is 32.8. The van der Waals surface area contributed by atoms with E-state index in [0.717, 1.165) is 12.8 Å². The van der Waals surface area contributed by atoms with Crippen molar-refractivity contribution in [2.24, 2.45) is 0 Å². The molecule has 0 aliphatic carbocycles. The maximum absolute atomic E-state index is 11.6. The normalized spacial score (nSPS) is 12.9. The molecule has 0 spiro atoms. The van der Waals surface area contributed by atoms with Crippen LogP contribution in [0.5, 0.6) is 0 Å². The van der Waals surface area contributed by atoms with Crippen molar-refractivity contribution in [1.29, 1.82) is 0 Å². The second kappa shape index (κ2) is 11.2. The Bertz CT molecular complexity index is 525. The van der Waals surface area contributed by atoms with Gasteiger partial charge < -0.3 is 14.9 Å². The molecule has 128 valence electrons. The Balaban J connectivity index is 4.04. The number of hydrogen-bond acceptors (Lipinski definition) is 4. The molecule has 0 saturated heterocycles. The summed E-state index contributed by atoms with van der Waals surface area (Å²) in [6.45, 7) is 4.56. The molecule has 6 nitrogen and oxygen atoms in total. The highest BCUT2D eigenvalue weighted by Crippen LogP contribution is 2.07. The van der Waals surface area contributed by atoms with E-state index in [4.69, 9.17) is 14.9 Å². The molecule has 0 atom stereocenters. The average molecular weight is 324 g/mol. The number of aliphatic carboxylic acids is 2. The smallest absolute Gasteiger partial charge is 0.333 e. The first-order valence-corrected chi connectivity index (χ1v) is 7.39. The van der Waals surface area contributed by atoms with Gasteiger partial charge in [0.1, 0.15) is 6.61 Å². The molecule has 0 aromatic carbocycles. The molecule has 0 fully saturated rings. The van der Waals surface area contributed by atoms with E-state index < -0.39 is 17.9 Å². The summed E-state index contributed by atoms with van der Waals surface area (Å²) >= 11 is 0. The van der Waals surface area contributed by atoms with Crippen LogP contribution in [0.25, 0.3) is 0 Å². The number of ether oxygens (including phenoxy) is 1. The summed E-state index contributed by atoms with van der Waals surface area (Å²) in [5.74, 6) is -2.42. The third-order valence-electron chi connectivity index (χ3n) is 3.16. The standard InChI is InChI=1S/C17H24O6/c1-12(15(18)19)8-6-4-5-7-9-14(3)17(22)23-11-10-13(2)16(20)21/h8-10H,4-7,11H2,1-3H3,(H,18,19)(H,20,21). The Morgan fingerprint density at radius 2 is 1.22 bits per heavy atom. The largest absolute Gasteiger partial charge is 0.478 e. The Kier molecular flexibility index (Phi) is 10.1. The van der Waals surface area contributed by atoms with Crippen molar-refractivity contribution in [2.45, 2.75) is 46.5 Å². The van der Waals surface area contributed by atoms with Crippen molar-refractivity contribution in [3.8, 4) is 0 Å². The second-order valence-corrected chi connectivity index (χ2v) is 5.15. The number of hydrogen-bond donors (Lipinski definition) is 2. The van der Waals surface area contributed by atoms with Gasteiger partial charge in [-0.15, -0.1) is 0 Å². The SMILES string of the molecule is CC(=CCCCCC=C(C)C(=O)OCC=C(C)C(=O)O)C(=O)O. The molecule has 0 aliphatic heterocycles. The first-order valence-electron chi connectivity index (χ1n) is 7.39. The molecule has 0 saturated carbocycles. The molecular formula is C17H24O6. The topological polar surface area (TPSA) is 101 Å². The molecule has 0 aromatic heterocycles. The highest BCUT2D eigenvalue weighted by molar-refractivity contribution is 5.88. The lowest BCUT2D eigenvalue weighted by Gasteiger charge is -2.03. The van der Waals surface area contributed by atoms with E-state index >= 15 is 0 Å². The van der Waals surface area contributed by atoms with Crippen LogP contribution >= 0.6 is 0 Å². The van der Waals surface area contributed by atoms with Crippen LogP contribution in [0.3, 0.4) is 0 Å². The van der Waals surface area contributed by atoms with E-state index in [-0.39, 0.29) is 12.2 Å². The Morgan fingerprint density at radius 3 is 1.70 bits per heavy atom. The fourth-order valence-corrected chi connectivity index (χ4v) is 1.54. The van der Waals surface area contributed by atoms with Crippen LogP contribution in [-0.2, 0) is 19.1 Å². The number of carbonyl (C=O) groups excluding carboxylic acids is 1. The monoisotopic (exact) mass is 324 g/mol. The van der Waals surface area contributed by atoms with E-state index in [2.05, 4.69) is 0 Å². The molecule has 23 heavy (non-hydrogen) atoms. The Hall–Kier alpha value is -2.37. The van der Waals surface area contributed by atoms with Crippen molar-refractivity contribution in [3.63, 3.8) is 0 Å². The predicted octanol–water partition coefficient (Wildman–Crippen LogP) is 3.10. The van der Waals surface area contributed by atoms with Crippen LogP contribution in [0, 0.1) is 0 Å². The number of esters is 1. The van der Waals surface area contributed by atoms with Gasteiger partial charge in [0.25, 0.3) is 0 Å². The molecule has 0 heterocycles. The van der Waals surface area contributed by atoms with Crippen LogP contribution in [-0.4, -0.2) is 34.7 Å². The van der Waals surface area contributed by atoms with Crippen LogP contribution in [0.2, 0.25) is 0 Å². The summed E-state index contributed by atoms with van der Waals surface area (Å²) in [6.07, 6.45) is 7.86. The van der Waals surface area contributed by atoms with E-state index in [9.17, 15) is 14.4 Å². The first-order chi connectivity index (χ1) is 10.8. The van der Waals surface area contributed by atoms with Crippen LogP contribution < -0.4 is 0 Å². The lowest BCUT2D eigenvalue weighted by atomic mass is 10.1. The summed E-state index contributed by atoms with van der Waals surface area (Å²) < 4.78 is 4.94. The third-order valence-corrected chi connectivity index (χ3v) is 3.16. The number of carboxylic acid groups (broad SMARTS) is 2. The molecule has 0 amide bonds. The number of rotatable bonds is 10. The average Bonchev–Trinajstić information content (AvgIpc) is 2.49. The molecule has 0 radical (unpaired) electrons. The van der Waals surface area contributed by atoms with Gasteiger partial charge in [0.2, 0.25) is 0 Å². The number of unbranched alkanes of at least 4 members (excludes halogenated alkanes) is 3. The minimum absolute atomic E-state index is 0.0680. The van der Waals surface area contributed by atoms with Crippen LogP contribution in [0.1, 0.15) is 46.5 Å². The maximum Gasteiger partial charge on any atom is 0.333 e. The minimum atomic E-state index is -1.04. The van der Waals surface area contributed by atoms with Crippen LogP contribution in [0.4, 0.5) is 0 Å². The quantitative estimate of drug-likeness (QED) is 0.364. The zero-order chi connectivity index (χ0) is 17.8. The van der Waals surface area contributed by atoms with Gasteiger partial charge >= 0.3 is 17.9 Å². The maximum atomic E-state index is 11.6. The van der Waals surface area contributed by atoms with E-state index in [0.29, 0.717) is 24.0 Å². The van der Waals surface area contributed by atoms with Gasteiger partial charge in [0.15, 0.2) is 0 Å². The lowest BCUT2D eigenvalue weighted by Crippen LogP contribution is -2.07. The molecule has 6 heteroatoms. The summed E-state index contributed by atoms with van der Waals surface area (Å²) in [6, 6.07) is 0. The molecule has 0 unspecified atom stereocenters. The third kappa shape index (κ3) is 10.1. The van der Waals surface area contributed by atoms with Gasteiger partial charge in [-0.3, -0.25) is 0 Å². The Morgan fingerprint density at radius 1 is 0.783 bits per heavy atom. The molecule has 0 bridgehead atoms. The van der Waals surface area contributed by atoms with Gasteiger partial charge in [0.05, 0.1) is 0 Å². The molecule has 2 N–H and O–H groups in total. The number of allylic oxidation sites excluding steroid dienone is 2. The van der Waals surface area contributed by atoms with Crippen molar-refractivity contribution in [3.05, 3.63) is 34.9 Å². The van der Waals surface area contributed by atoms with E-state index in [1.807, 2.05) is 0 Å². The van der Waals surface area contributed by atoms with Gasteiger partial charge in [-0.05, 0) is 52.5 Å². The fraction of sp³-hybridized carbons (Fsp3) is 0.471. The summed E-state index contributed by atoms with van der Waals surface area (Å²) in [5, 5.41) is 17.3. The van der Waals surface area contributed by atoms with Crippen molar-refractivity contribution in [2.75, 3.05) is 6.61 Å². The molecular weight excluding hydrogens is 300 g/mol. The van der Waals surface area contributed by atoms with Gasteiger partial charge in [-0.1, -0.05) is 12.2 Å². The second-order valence-electron chi connectivity index (χ2n) is 5.15. The summed E-state index contributed by atoms with van der Waals surface area (Å²) in [7, 11) is 0. The zero-order valence-electron chi connectivity index (χ0n) is 13.8. The molecule has 0 rings (SSSR count). The van der Waals surface area contributed by atoms with Gasteiger partial charge in [-0.2, -0.15) is 0 Å². The molecule has 0 aliphatic rings. The van der Waals surface area contributed by atoms with E-state index in [1.54, 1.807) is 26.0 Å². The highest BCUT2D eigenvalue weighted by atomic mass is 16.5. The van der Waals surface area contributed by atoms with Gasteiger partial charge in [0, 0.05) is 16.7 Å². The Labute approximate surface area is 136 Å². The van der Waals surface area contributed by atoms with Crippen molar-refractivity contribution in [1.82, 2.24) is 0 Å². The van der Waals surface area contributed by atoms with Crippen molar-refractivity contribution < 1.29 is 29.3 Å². The first kappa shape index (κ1) is 20.6. The fourth-order valence-electron chi connectivity index (χ4n) is 1.54. The van der Waals surface area contributed by atoms with Crippen LogP contribution in [0.15, 0.2) is 34.9 Å². The number of carbonyl (C=O) groups is 3.